The maximum atomic E-state index is 12.5. The van der Waals surface area contributed by atoms with E-state index in [4.69, 9.17) is 28.2 Å². The molecule has 0 aliphatic heterocycles. The molecule has 33 heavy (non-hydrogen) atoms. The molecule has 0 aliphatic rings. The Morgan fingerprint density at radius 1 is 1.15 bits per heavy atom. The van der Waals surface area contributed by atoms with Crippen molar-refractivity contribution in [2.24, 2.45) is 0 Å². The fourth-order valence-corrected chi connectivity index (χ4v) is 4.28. The second kappa shape index (κ2) is 10.5. The maximum absolute atomic E-state index is 12.5. The van der Waals surface area contributed by atoms with E-state index in [9.17, 15) is 4.79 Å². The molecule has 6 nitrogen and oxygen atoms in total. The number of benzene rings is 2. The number of halogens is 3. The van der Waals surface area contributed by atoms with E-state index in [1.165, 1.54) is 0 Å². The number of amides is 1. The van der Waals surface area contributed by atoms with Gasteiger partial charge in [0.15, 0.2) is 5.65 Å². The van der Waals surface area contributed by atoms with Crippen LogP contribution in [0.15, 0.2) is 65.3 Å². The lowest BCUT2D eigenvalue weighted by Crippen LogP contribution is -2.30. The first-order valence-electron chi connectivity index (χ1n) is 10.4. The van der Waals surface area contributed by atoms with E-state index < -0.39 is 0 Å². The number of hydrogen-bond donors (Lipinski definition) is 1. The monoisotopic (exact) mass is 545 g/mol. The minimum absolute atomic E-state index is 0.0561. The van der Waals surface area contributed by atoms with Crippen LogP contribution in [0.4, 0.5) is 5.82 Å². The van der Waals surface area contributed by atoms with Gasteiger partial charge in [0.05, 0.1) is 22.8 Å². The Morgan fingerprint density at radius 3 is 2.76 bits per heavy atom. The number of hydrogen-bond acceptors (Lipinski definition) is 4. The molecule has 0 fully saturated rings. The summed E-state index contributed by atoms with van der Waals surface area (Å²) in [4.78, 5) is 19.0. The van der Waals surface area contributed by atoms with Gasteiger partial charge in [0.2, 0.25) is 5.91 Å². The summed E-state index contributed by atoms with van der Waals surface area (Å²) in [7, 11) is 1.82. The number of nitrogens with one attached hydrogen (secondary N) is 1. The molecule has 2 heterocycles. The van der Waals surface area contributed by atoms with Crippen molar-refractivity contribution in [3.63, 3.8) is 0 Å². The zero-order valence-electron chi connectivity index (χ0n) is 17.9. The minimum atomic E-state index is 0.0561. The summed E-state index contributed by atoms with van der Waals surface area (Å²) in [6.07, 6.45) is 2.82. The molecule has 0 aliphatic carbocycles. The first-order valence-corrected chi connectivity index (χ1v) is 12.0. The van der Waals surface area contributed by atoms with Gasteiger partial charge in [0, 0.05) is 41.8 Å². The largest absolute Gasteiger partial charge is 0.370 e. The number of carbonyl (C=O) groups is 1. The van der Waals surface area contributed by atoms with Crippen molar-refractivity contribution in [1.29, 1.82) is 0 Å². The Morgan fingerprint density at radius 2 is 1.97 bits per heavy atom. The van der Waals surface area contributed by atoms with Crippen molar-refractivity contribution in [2.75, 3.05) is 25.5 Å². The first kappa shape index (κ1) is 23.5. The fourth-order valence-electron chi connectivity index (χ4n) is 3.48. The highest BCUT2D eigenvalue weighted by Crippen LogP contribution is 2.30. The third-order valence-corrected chi connectivity index (χ3v) is 6.35. The van der Waals surface area contributed by atoms with Crippen LogP contribution in [-0.2, 0) is 11.2 Å². The first-order chi connectivity index (χ1) is 15.9. The molecular formula is C24H22BrCl2N5O. The Bertz CT molecular complexity index is 1290. The lowest BCUT2D eigenvalue weighted by molar-refractivity contribution is -0.129. The minimum Gasteiger partial charge on any atom is -0.370 e. The second-order valence-electron chi connectivity index (χ2n) is 7.64. The van der Waals surface area contributed by atoms with Crippen LogP contribution < -0.4 is 5.32 Å². The van der Waals surface area contributed by atoms with Gasteiger partial charge in [-0.3, -0.25) is 4.79 Å². The normalized spacial score (nSPS) is 11.0. The van der Waals surface area contributed by atoms with Crippen molar-refractivity contribution >= 4 is 56.5 Å². The van der Waals surface area contributed by atoms with Crippen LogP contribution in [0.25, 0.3) is 16.9 Å². The van der Waals surface area contributed by atoms with E-state index >= 15 is 0 Å². The third kappa shape index (κ3) is 5.66. The summed E-state index contributed by atoms with van der Waals surface area (Å²) < 4.78 is 2.55. The number of likely N-dealkylation sites (N-methyl/N-ethyl adjacent to an activating group) is 1. The lowest BCUT2D eigenvalue weighted by Gasteiger charge is -2.18. The van der Waals surface area contributed by atoms with Gasteiger partial charge in [-0.2, -0.15) is 9.61 Å². The summed E-state index contributed by atoms with van der Waals surface area (Å²) in [5.41, 5.74) is 3.21. The molecule has 2 aromatic heterocycles. The highest BCUT2D eigenvalue weighted by molar-refractivity contribution is 9.10. The predicted molar refractivity (Wildman–Crippen MR) is 137 cm³/mol. The predicted octanol–water partition coefficient (Wildman–Crippen LogP) is 5.97. The number of fused-ring (bicyclic) bond motifs is 1. The van der Waals surface area contributed by atoms with Gasteiger partial charge in [-0.25, -0.2) is 4.98 Å². The van der Waals surface area contributed by atoms with Gasteiger partial charge in [0.25, 0.3) is 0 Å². The van der Waals surface area contributed by atoms with E-state index in [2.05, 4.69) is 26.3 Å². The van der Waals surface area contributed by atoms with Crippen molar-refractivity contribution < 1.29 is 4.79 Å². The van der Waals surface area contributed by atoms with Gasteiger partial charge in [-0.05, 0) is 46.1 Å². The van der Waals surface area contributed by atoms with Gasteiger partial charge in [0.1, 0.15) is 5.82 Å². The number of nitrogens with zero attached hydrogens (tertiary/aromatic N) is 4. The van der Waals surface area contributed by atoms with Crippen molar-refractivity contribution in [1.82, 2.24) is 19.5 Å². The Hall–Kier alpha value is -2.61. The fraction of sp³-hybridized carbons (Fsp3) is 0.208. The zero-order chi connectivity index (χ0) is 23.4. The highest BCUT2D eigenvalue weighted by Gasteiger charge is 2.14. The van der Waals surface area contributed by atoms with Crippen LogP contribution in [0.5, 0.6) is 0 Å². The Labute approximate surface area is 210 Å². The molecule has 0 spiro atoms. The Kier molecular flexibility index (Phi) is 7.53. The van der Waals surface area contributed by atoms with E-state index in [-0.39, 0.29) is 5.91 Å². The molecule has 4 aromatic rings. The quantitative estimate of drug-likeness (QED) is 0.277. The molecular weight excluding hydrogens is 525 g/mol. The molecule has 1 amide bonds. The molecule has 4 rings (SSSR count). The average Bonchev–Trinajstić information content (AvgIpc) is 3.17. The maximum Gasteiger partial charge on any atom is 0.226 e. The molecule has 0 saturated heterocycles. The molecule has 0 unspecified atom stereocenters. The van der Waals surface area contributed by atoms with E-state index in [1.807, 2.05) is 55.6 Å². The molecule has 1 N–H and O–H groups in total. The highest BCUT2D eigenvalue weighted by atomic mass is 79.9. The lowest BCUT2D eigenvalue weighted by atomic mass is 10.1. The van der Waals surface area contributed by atoms with Crippen LogP contribution in [-0.4, -0.2) is 45.5 Å². The summed E-state index contributed by atoms with van der Waals surface area (Å²) >= 11 is 15.9. The summed E-state index contributed by atoms with van der Waals surface area (Å²) in [5.74, 6) is 0.856. The van der Waals surface area contributed by atoms with Crippen molar-refractivity contribution in [2.45, 2.75) is 12.8 Å². The summed E-state index contributed by atoms with van der Waals surface area (Å²) in [6, 6.07) is 16.9. The van der Waals surface area contributed by atoms with Crippen LogP contribution in [0.1, 0.15) is 12.0 Å². The molecule has 0 radical (unpaired) electrons. The van der Waals surface area contributed by atoms with Crippen molar-refractivity contribution in [3.8, 4) is 11.3 Å². The van der Waals surface area contributed by atoms with Gasteiger partial charge < -0.3 is 10.2 Å². The van der Waals surface area contributed by atoms with E-state index in [1.54, 1.807) is 21.7 Å². The smallest absolute Gasteiger partial charge is 0.226 e. The number of rotatable bonds is 8. The number of aromatic nitrogens is 3. The molecule has 2 aromatic carbocycles. The molecule has 0 atom stereocenters. The van der Waals surface area contributed by atoms with Crippen molar-refractivity contribution in [3.05, 3.63) is 80.9 Å². The van der Waals surface area contributed by atoms with Crippen LogP contribution >= 0.6 is 39.1 Å². The SMILES string of the molecule is CN(CCCNc1cc(-c2ccccc2Cl)nc2c(Br)cnn12)C(=O)Cc1cccc(Cl)c1. The van der Waals surface area contributed by atoms with Crippen LogP contribution in [0.3, 0.4) is 0 Å². The van der Waals surface area contributed by atoms with E-state index in [0.717, 1.165) is 33.5 Å². The molecule has 0 bridgehead atoms. The topological polar surface area (TPSA) is 62.5 Å². The van der Waals surface area contributed by atoms with Gasteiger partial charge in [-0.15, -0.1) is 0 Å². The summed E-state index contributed by atoms with van der Waals surface area (Å²) in [6.45, 7) is 1.29. The summed E-state index contributed by atoms with van der Waals surface area (Å²) in [5, 5.41) is 9.10. The molecule has 0 saturated carbocycles. The average molecular weight is 547 g/mol. The second-order valence-corrected chi connectivity index (χ2v) is 9.33. The van der Waals surface area contributed by atoms with E-state index in [0.29, 0.717) is 35.2 Å². The molecule has 9 heteroatoms. The van der Waals surface area contributed by atoms with Crippen LogP contribution in [0, 0.1) is 0 Å². The zero-order valence-corrected chi connectivity index (χ0v) is 21.0. The third-order valence-electron chi connectivity index (χ3n) is 5.23. The standard InChI is InChI=1S/C24H22BrCl2N5O/c1-31(23(33)13-16-6-4-7-17(26)12-16)11-5-10-28-22-14-21(18-8-2-3-9-20(18)27)30-24-19(25)15-29-32(22)24/h2-4,6-9,12,14-15,28H,5,10-11,13H2,1H3. The van der Waals surface area contributed by atoms with Gasteiger partial charge >= 0.3 is 0 Å². The van der Waals surface area contributed by atoms with Gasteiger partial charge in [-0.1, -0.05) is 53.5 Å². The number of carbonyl (C=O) groups excluding carboxylic acids is 1. The number of anilines is 1. The Balaban J connectivity index is 1.41. The van der Waals surface area contributed by atoms with Crippen LogP contribution in [0.2, 0.25) is 10.0 Å². The molecule has 170 valence electrons.